The van der Waals surface area contributed by atoms with E-state index in [9.17, 15) is 0 Å². The molecule has 0 saturated carbocycles. The molecule has 3 heteroatoms. The van der Waals surface area contributed by atoms with Gasteiger partial charge in [0.05, 0.1) is 0 Å². The molecule has 1 unspecified atom stereocenters. The molecule has 1 atom stereocenters. The molecular weight excluding hydrogens is 226 g/mol. The molecule has 0 bridgehead atoms. The predicted octanol–water partition coefficient (Wildman–Crippen LogP) is 4.25. The molecule has 1 aromatic rings. The number of hydrogen-bond acceptors (Lipinski definition) is 2. The van der Waals surface area contributed by atoms with Gasteiger partial charge in [0.15, 0.2) is 0 Å². The van der Waals surface area contributed by atoms with Crippen LogP contribution in [0.2, 0.25) is 5.02 Å². The number of rotatable bonds is 5. The number of unbranched alkanes of at least 4 members (excludes halogenated alkanes) is 1. The maximum absolute atomic E-state index is 6.14. The van der Waals surface area contributed by atoms with Crippen molar-refractivity contribution < 1.29 is 0 Å². The average molecular weight is 244 g/mol. The molecule has 84 valence electrons. The SMILES string of the molecule is CCCCSc1ccc(C(C)N)c(Cl)c1. The van der Waals surface area contributed by atoms with E-state index >= 15 is 0 Å². The summed E-state index contributed by atoms with van der Waals surface area (Å²) in [5, 5.41) is 0.784. The second kappa shape index (κ2) is 6.41. The highest BCUT2D eigenvalue weighted by molar-refractivity contribution is 7.99. The van der Waals surface area contributed by atoms with Gasteiger partial charge in [0, 0.05) is 16.0 Å². The molecule has 2 N–H and O–H groups in total. The van der Waals surface area contributed by atoms with Gasteiger partial charge in [-0.2, -0.15) is 0 Å². The van der Waals surface area contributed by atoms with Crippen LogP contribution in [0.5, 0.6) is 0 Å². The highest BCUT2D eigenvalue weighted by Gasteiger charge is 2.05. The second-order valence-corrected chi connectivity index (χ2v) is 5.25. The molecule has 0 amide bonds. The molecule has 0 saturated heterocycles. The minimum atomic E-state index is 0.00666. The Hall–Kier alpha value is -0.180. The van der Waals surface area contributed by atoms with Crippen LogP contribution in [0.15, 0.2) is 23.1 Å². The van der Waals surface area contributed by atoms with Crippen LogP contribution in [0, 0.1) is 0 Å². The molecule has 0 radical (unpaired) electrons. The molecule has 0 spiro atoms. The normalized spacial score (nSPS) is 12.8. The van der Waals surface area contributed by atoms with Crippen LogP contribution >= 0.6 is 23.4 Å². The Balaban J connectivity index is 2.65. The zero-order chi connectivity index (χ0) is 11.3. The first-order chi connectivity index (χ1) is 7.15. The number of thioether (sulfide) groups is 1. The summed E-state index contributed by atoms with van der Waals surface area (Å²) in [5.41, 5.74) is 6.82. The Morgan fingerprint density at radius 2 is 2.20 bits per heavy atom. The Morgan fingerprint density at radius 3 is 2.73 bits per heavy atom. The monoisotopic (exact) mass is 243 g/mol. The molecule has 1 rings (SSSR count). The lowest BCUT2D eigenvalue weighted by molar-refractivity contribution is 0.817. The van der Waals surface area contributed by atoms with Crippen molar-refractivity contribution in [2.75, 3.05) is 5.75 Å². The first-order valence-corrected chi connectivity index (χ1v) is 6.69. The van der Waals surface area contributed by atoms with Crippen molar-refractivity contribution in [1.29, 1.82) is 0 Å². The van der Waals surface area contributed by atoms with Crippen molar-refractivity contribution in [2.24, 2.45) is 5.73 Å². The summed E-state index contributed by atoms with van der Waals surface area (Å²) in [5.74, 6) is 1.16. The van der Waals surface area contributed by atoms with Crippen molar-refractivity contribution in [2.45, 2.75) is 37.6 Å². The van der Waals surface area contributed by atoms with E-state index in [2.05, 4.69) is 13.0 Å². The maximum Gasteiger partial charge on any atom is 0.0464 e. The highest BCUT2D eigenvalue weighted by Crippen LogP contribution is 2.28. The summed E-state index contributed by atoms with van der Waals surface area (Å²) >= 11 is 8.00. The second-order valence-electron chi connectivity index (χ2n) is 3.67. The van der Waals surface area contributed by atoms with E-state index in [0.717, 1.165) is 16.3 Å². The van der Waals surface area contributed by atoms with E-state index < -0.39 is 0 Å². The Kier molecular flexibility index (Phi) is 5.51. The Morgan fingerprint density at radius 1 is 1.47 bits per heavy atom. The lowest BCUT2D eigenvalue weighted by atomic mass is 10.1. The third kappa shape index (κ3) is 4.06. The van der Waals surface area contributed by atoms with Gasteiger partial charge in [0.1, 0.15) is 0 Å². The predicted molar refractivity (Wildman–Crippen MR) is 69.7 cm³/mol. The molecule has 15 heavy (non-hydrogen) atoms. The van der Waals surface area contributed by atoms with Gasteiger partial charge in [-0.05, 0) is 36.8 Å². The summed E-state index contributed by atoms with van der Waals surface area (Å²) in [7, 11) is 0. The maximum atomic E-state index is 6.14. The van der Waals surface area contributed by atoms with Gasteiger partial charge < -0.3 is 5.73 Å². The van der Waals surface area contributed by atoms with Gasteiger partial charge >= 0.3 is 0 Å². The van der Waals surface area contributed by atoms with Crippen molar-refractivity contribution in [1.82, 2.24) is 0 Å². The van der Waals surface area contributed by atoms with Crippen molar-refractivity contribution in [3.05, 3.63) is 28.8 Å². The molecule has 0 aliphatic heterocycles. The summed E-state index contributed by atoms with van der Waals surface area (Å²) in [6.45, 7) is 4.15. The van der Waals surface area contributed by atoms with E-state index in [-0.39, 0.29) is 6.04 Å². The highest BCUT2D eigenvalue weighted by atomic mass is 35.5. The van der Waals surface area contributed by atoms with E-state index in [1.165, 1.54) is 17.7 Å². The molecule has 0 aliphatic carbocycles. The number of benzene rings is 1. The van der Waals surface area contributed by atoms with Gasteiger partial charge in [0.25, 0.3) is 0 Å². The number of hydrogen-bond donors (Lipinski definition) is 1. The minimum absolute atomic E-state index is 0.00666. The standard InChI is InChI=1S/C12H18ClNS/c1-3-4-7-15-10-5-6-11(9(2)14)12(13)8-10/h5-6,8-9H,3-4,7,14H2,1-2H3. The number of nitrogens with two attached hydrogens (primary N) is 1. The van der Waals surface area contributed by atoms with Crippen LogP contribution in [-0.2, 0) is 0 Å². The molecule has 0 fully saturated rings. The van der Waals surface area contributed by atoms with E-state index in [1.807, 2.05) is 30.8 Å². The van der Waals surface area contributed by atoms with E-state index in [1.54, 1.807) is 0 Å². The summed E-state index contributed by atoms with van der Waals surface area (Å²) in [6, 6.07) is 6.15. The van der Waals surface area contributed by atoms with Crippen LogP contribution in [0.4, 0.5) is 0 Å². The quantitative estimate of drug-likeness (QED) is 0.618. The van der Waals surface area contributed by atoms with Gasteiger partial charge in [0.2, 0.25) is 0 Å². The van der Waals surface area contributed by atoms with Gasteiger partial charge in [-0.3, -0.25) is 0 Å². The van der Waals surface area contributed by atoms with E-state index in [4.69, 9.17) is 17.3 Å². The molecular formula is C12H18ClNS. The topological polar surface area (TPSA) is 26.0 Å². The van der Waals surface area contributed by atoms with Crippen LogP contribution in [0.3, 0.4) is 0 Å². The summed E-state index contributed by atoms with van der Waals surface area (Å²) in [4.78, 5) is 1.23. The minimum Gasteiger partial charge on any atom is -0.324 e. The average Bonchev–Trinajstić information content (AvgIpc) is 2.17. The Labute approximate surface area is 101 Å². The van der Waals surface area contributed by atoms with E-state index in [0.29, 0.717) is 0 Å². The van der Waals surface area contributed by atoms with Crippen molar-refractivity contribution in [3.8, 4) is 0 Å². The van der Waals surface area contributed by atoms with Gasteiger partial charge in [-0.25, -0.2) is 0 Å². The lowest BCUT2D eigenvalue weighted by Crippen LogP contribution is -2.05. The third-order valence-corrected chi connectivity index (χ3v) is 3.64. The van der Waals surface area contributed by atoms with Crippen LogP contribution < -0.4 is 5.73 Å². The summed E-state index contributed by atoms with van der Waals surface area (Å²) in [6.07, 6.45) is 2.48. The van der Waals surface area contributed by atoms with Crippen molar-refractivity contribution in [3.63, 3.8) is 0 Å². The smallest absolute Gasteiger partial charge is 0.0464 e. The molecule has 0 aromatic heterocycles. The molecule has 0 aliphatic rings. The van der Waals surface area contributed by atoms with Gasteiger partial charge in [-0.15, -0.1) is 11.8 Å². The van der Waals surface area contributed by atoms with Crippen molar-refractivity contribution >= 4 is 23.4 Å². The van der Waals surface area contributed by atoms with Crippen LogP contribution in [-0.4, -0.2) is 5.75 Å². The Bertz CT molecular complexity index is 312. The molecule has 1 aromatic carbocycles. The number of halogens is 1. The fourth-order valence-electron chi connectivity index (χ4n) is 1.30. The third-order valence-electron chi connectivity index (χ3n) is 2.23. The molecule has 1 nitrogen and oxygen atoms in total. The molecule has 0 heterocycles. The fourth-order valence-corrected chi connectivity index (χ4v) is 2.75. The fraction of sp³-hybridized carbons (Fsp3) is 0.500. The first-order valence-electron chi connectivity index (χ1n) is 5.33. The zero-order valence-electron chi connectivity index (χ0n) is 9.29. The largest absolute Gasteiger partial charge is 0.324 e. The van der Waals surface area contributed by atoms with Crippen LogP contribution in [0.25, 0.3) is 0 Å². The van der Waals surface area contributed by atoms with Crippen LogP contribution in [0.1, 0.15) is 38.3 Å². The first kappa shape index (κ1) is 12.9. The summed E-state index contributed by atoms with van der Waals surface area (Å²) < 4.78 is 0. The van der Waals surface area contributed by atoms with Gasteiger partial charge in [-0.1, -0.05) is 31.0 Å². The lowest BCUT2D eigenvalue weighted by Gasteiger charge is -2.09. The zero-order valence-corrected chi connectivity index (χ0v) is 10.9.